The maximum Gasteiger partial charge on any atom is 0.279 e. The van der Waals surface area contributed by atoms with Crippen molar-refractivity contribution < 1.29 is 14.4 Å². The molecule has 0 saturated heterocycles. The van der Waals surface area contributed by atoms with Gasteiger partial charge in [0.05, 0.1) is 6.54 Å². The lowest BCUT2D eigenvalue weighted by Gasteiger charge is -2.15. The molecule has 0 bridgehead atoms. The summed E-state index contributed by atoms with van der Waals surface area (Å²) in [6.45, 7) is 4.00. The first-order chi connectivity index (χ1) is 15.8. The van der Waals surface area contributed by atoms with E-state index < -0.39 is 11.8 Å². The number of hydrogen-bond donors (Lipinski definition) is 2. The molecule has 7 heteroatoms. The third-order valence-electron chi connectivity index (χ3n) is 5.33. The van der Waals surface area contributed by atoms with Crippen molar-refractivity contribution in [2.24, 2.45) is 0 Å². The van der Waals surface area contributed by atoms with Crippen LogP contribution in [0.3, 0.4) is 0 Å². The standard InChI is InChI=1S/C26H22ClN3O3/c1-16-11-12-17(2)21(13-16)29-24(31)19-9-6-10-20(14-19)28-23-22(27)25(32)30(26(23)33)15-18-7-4-3-5-8-18/h3-14,28H,15H2,1-2H3,(H,29,31). The van der Waals surface area contributed by atoms with Crippen molar-refractivity contribution in [3.8, 4) is 0 Å². The predicted octanol–water partition coefficient (Wildman–Crippen LogP) is 4.99. The Bertz CT molecular complexity index is 1280. The molecule has 4 rings (SSSR count). The van der Waals surface area contributed by atoms with E-state index >= 15 is 0 Å². The summed E-state index contributed by atoms with van der Waals surface area (Å²) in [5, 5.41) is 5.66. The van der Waals surface area contributed by atoms with Gasteiger partial charge in [0, 0.05) is 16.9 Å². The van der Waals surface area contributed by atoms with Crippen LogP contribution in [0.2, 0.25) is 0 Å². The number of benzene rings is 3. The first-order valence-corrected chi connectivity index (χ1v) is 10.8. The average Bonchev–Trinajstić information content (AvgIpc) is 3.01. The van der Waals surface area contributed by atoms with Gasteiger partial charge in [-0.25, -0.2) is 0 Å². The zero-order chi connectivity index (χ0) is 23.5. The molecule has 33 heavy (non-hydrogen) atoms. The minimum Gasteiger partial charge on any atom is -0.350 e. The van der Waals surface area contributed by atoms with Gasteiger partial charge in [0.2, 0.25) is 0 Å². The van der Waals surface area contributed by atoms with Gasteiger partial charge in [-0.1, -0.05) is 60.1 Å². The van der Waals surface area contributed by atoms with Crippen LogP contribution in [0.4, 0.5) is 11.4 Å². The monoisotopic (exact) mass is 459 g/mol. The number of imide groups is 1. The molecule has 0 aliphatic carbocycles. The molecule has 0 unspecified atom stereocenters. The lowest BCUT2D eigenvalue weighted by molar-refractivity contribution is -0.138. The number of nitrogens with one attached hydrogen (secondary N) is 2. The van der Waals surface area contributed by atoms with Crippen molar-refractivity contribution in [1.82, 2.24) is 4.90 Å². The second kappa shape index (κ2) is 9.30. The molecular weight excluding hydrogens is 438 g/mol. The van der Waals surface area contributed by atoms with E-state index in [9.17, 15) is 14.4 Å². The molecule has 0 saturated carbocycles. The number of carbonyl (C=O) groups is 3. The van der Waals surface area contributed by atoms with Crippen LogP contribution in [-0.2, 0) is 16.1 Å². The first-order valence-electron chi connectivity index (χ1n) is 10.4. The fraction of sp³-hybridized carbons (Fsp3) is 0.115. The summed E-state index contributed by atoms with van der Waals surface area (Å²) >= 11 is 6.20. The summed E-state index contributed by atoms with van der Waals surface area (Å²) in [6, 6.07) is 21.7. The van der Waals surface area contributed by atoms with Crippen LogP contribution < -0.4 is 10.6 Å². The molecule has 1 aliphatic heterocycles. The highest BCUT2D eigenvalue weighted by Gasteiger charge is 2.37. The summed E-state index contributed by atoms with van der Waals surface area (Å²) in [5.41, 5.74) is 4.40. The summed E-state index contributed by atoms with van der Waals surface area (Å²) in [7, 11) is 0. The highest BCUT2D eigenvalue weighted by atomic mass is 35.5. The Morgan fingerprint density at radius 2 is 1.67 bits per heavy atom. The van der Waals surface area contributed by atoms with Crippen molar-refractivity contribution in [3.05, 3.63) is 106 Å². The van der Waals surface area contributed by atoms with Gasteiger partial charge >= 0.3 is 0 Å². The van der Waals surface area contributed by atoms with E-state index in [2.05, 4.69) is 10.6 Å². The summed E-state index contributed by atoms with van der Waals surface area (Å²) in [4.78, 5) is 39.3. The maximum atomic E-state index is 12.9. The fourth-order valence-corrected chi connectivity index (χ4v) is 3.74. The molecule has 0 fully saturated rings. The smallest absolute Gasteiger partial charge is 0.279 e. The zero-order valence-corrected chi connectivity index (χ0v) is 18.9. The Morgan fingerprint density at radius 3 is 2.42 bits per heavy atom. The molecule has 3 aromatic carbocycles. The fourth-order valence-electron chi connectivity index (χ4n) is 3.51. The molecule has 0 aromatic heterocycles. The lowest BCUT2D eigenvalue weighted by Crippen LogP contribution is -2.31. The van der Waals surface area contributed by atoms with E-state index in [-0.39, 0.29) is 23.2 Å². The van der Waals surface area contributed by atoms with Crippen LogP contribution in [0.25, 0.3) is 0 Å². The van der Waals surface area contributed by atoms with Crippen molar-refractivity contribution in [3.63, 3.8) is 0 Å². The van der Waals surface area contributed by atoms with E-state index in [1.54, 1.807) is 24.3 Å². The molecule has 1 heterocycles. The summed E-state index contributed by atoms with van der Waals surface area (Å²) in [6.07, 6.45) is 0. The van der Waals surface area contributed by atoms with Gasteiger partial charge < -0.3 is 10.6 Å². The molecule has 3 amide bonds. The number of aryl methyl sites for hydroxylation is 2. The number of carbonyl (C=O) groups excluding carboxylic acids is 3. The highest BCUT2D eigenvalue weighted by molar-refractivity contribution is 6.48. The summed E-state index contributed by atoms with van der Waals surface area (Å²) < 4.78 is 0. The van der Waals surface area contributed by atoms with E-state index in [1.807, 2.05) is 62.4 Å². The first kappa shape index (κ1) is 22.3. The minimum atomic E-state index is -0.558. The van der Waals surface area contributed by atoms with Crippen LogP contribution in [0.1, 0.15) is 27.0 Å². The Morgan fingerprint density at radius 1 is 0.909 bits per heavy atom. The van der Waals surface area contributed by atoms with E-state index in [1.165, 1.54) is 0 Å². The average molecular weight is 460 g/mol. The number of amides is 3. The number of rotatable bonds is 6. The van der Waals surface area contributed by atoms with Crippen LogP contribution in [0.5, 0.6) is 0 Å². The van der Waals surface area contributed by atoms with Crippen LogP contribution in [0.15, 0.2) is 83.5 Å². The number of anilines is 2. The lowest BCUT2D eigenvalue weighted by atomic mass is 10.1. The van der Waals surface area contributed by atoms with Gasteiger partial charge in [0.1, 0.15) is 10.7 Å². The van der Waals surface area contributed by atoms with Crippen molar-refractivity contribution in [2.45, 2.75) is 20.4 Å². The van der Waals surface area contributed by atoms with Crippen molar-refractivity contribution >= 4 is 40.7 Å². The second-order valence-electron chi connectivity index (χ2n) is 7.85. The minimum absolute atomic E-state index is 0.00955. The van der Waals surface area contributed by atoms with E-state index in [4.69, 9.17) is 11.6 Å². The number of nitrogens with zero attached hydrogens (tertiary/aromatic N) is 1. The third-order valence-corrected chi connectivity index (χ3v) is 5.68. The molecule has 0 spiro atoms. The highest BCUT2D eigenvalue weighted by Crippen LogP contribution is 2.27. The third kappa shape index (κ3) is 4.81. The molecule has 0 radical (unpaired) electrons. The normalized spacial score (nSPS) is 13.5. The van der Waals surface area contributed by atoms with Gasteiger partial charge in [0.25, 0.3) is 17.7 Å². The van der Waals surface area contributed by atoms with Gasteiger partial charge in [-0.05, 0) is 54.8 Å². The van der Waals surface area contributed by atoms with Crippen molar-refractivity contribution in [1.29, 1.82) is 0 Å². The molecule has 1 aliphatic rings. The van der Waals surface area contributed by atoms with E-state index in [0.29, 0.717) is 11.3 Å². The Kier molecular flexibility index (Phi) is 6.29. The van der Waals surface area contributed by atoms with Crippen molar-refractivity contribution in [2.75, 3.05) is 10.6 Å². The number of hydrogen-bond acceptors (Lipinski definition) is 4. The maximum absolute atomic E-state index is 12.9. The largest absolute Gasteiger partial charge is 0.350 e. The topological polar surface area (TPSA) is 78.5 Å². The molecule has 2 N–H and O–H groups in total. The van der Waals surface area contributed by atoms with Gasteiger partial charge in [-0.2, -0.15) is 0 Å². The van der Waals surface area contributed by atoms with Crippen LogP contribution in [0, 0.1) is 13.8 Å². The SMILES string of the molecule is Cc1ccc(C)c(NC(=O)c2cccc(NC3=C(Cl)C(=O)N(Cc4ccccc4)C3=O)c2)c1. The van der Waals surface area contributed by atoms with E-state index in [0.717, 1.165) is 27.3 Å². The van der Waals surface area contributed by atoms with Gasteiger partial charge in [-0.3, -0.25) is 19.3 Å². The molecular formula is C26H22ClN3O3. The zero-order valence-electron chi connectivity index (χ0n) is 18.2. The molecule has 3 aromatic rings. The summed E-state index contributed by atoms with van der Waals surface area (Å²) in [5.74, 6) is -1.36. The Balaban J connectivity index is 1.51. The molecule has 0 atom stereocenters. The van der Waals surface area contributed by atoms with Gasteiger partial charge in [-0.15, -0.1) is 0 Å². The molecule has 6 nitrogen and oxygen atoms in total. The number of halogens is 1. The van der Waals surface area contributed by atoms with Crippen LogP contribution >= 0.6 is 11.6 Å². The van der Waals surface area contributed by atoms with Gasteiger partial charge in [0.15, 0.2) is 0 Å². The van der Waals surface area contributed by atoms with Crippen LogP contribution in [-0.4, -0.2) is 22.6 Å². The predicted molar refractivity (Wildman–Crippen MR) is 129 cm³/mol. The molecule has 166 valence electrons. The Labute approximate surface area is 196 Å². The Hall–Kier alpha value is -3.90. The second-order valence-corrected chi connectivity index (χ2v) is 8.23. The quantitative estimate of drug-likeness (QED) is 0.509.